The Morgan fingerprint density at radius 1 is 1.38 bits per heavy atom. The predicted octanol–water partition coefficient (Wildman–Crippen LogP) is 2.95. The summed E-state index contributed by atoms with van der Waals surface area (Å²) in [6, 6.07) is 5.15. The normalized spacial score (nSPS) is 17.5. The lowest BCUT2D eigenvalue weighted by molar-refractivity contribution is -0.132. The van der Waals surface area contributed by atoms with Crippen LogP contribution < -0.4 is 9.64 Å². The number of rotatable bonds is 6. The molecule has 1 atom stereocenters. The van der Waals surface area contributed by atoms with Gasteiger partial charge in [0.2, 0.25) is 0 Å². The topological polar surface area (TPSA) is 49.9 Å². The van der Waals surface area contributed by atoms with E-state index in [-0.39, 0.29) is 11.7 Å². The van der Waals surface area contributed by atoms with Crippen LogP contribution in [0.15, 0.2) is 18.2 Å². The fourth-order valence-corrected chi connectivity index (χ4v) is 2.84. The number of benzene rings is 1. The number of ether oxygens (including phenoxy) is 1. The van der Waals surface area contributed by atoms with Crippen molar-refractivity contribution in [1.82, 2.24) is 4.90 Å². The second kappa shape index (κ2) is 7.11. The summed E-state index contributed by atoms with van der Waals surface area (Å²) in [5, 5.41) is -0.609. The van der Waals surface area contributed by atoms with E-state index in [1.165, 1.54) is 0 Å². The van der Waals surface area contributed by atoms with E-state index in [0.717, 1.165) is 13.0 Å². The van der Waals surface area contributed by atoms with Crippen molar-refractivity contribution in [2.24, 2.45) is 0 Å². The van der Waals surface area contributed by atoms with Gasteiger partial charge in [-0.3, -0.25) is 9.59 Å². The number of fused-ring (bicyclic) bond motifs is 1. The first-order valence-corrected chi connectivity index (χ1v) is 8.55. The van der Waals surface area contributed by atoms with Crippen LogP contribution >= 0.6 is 11.6 Å². The van der Waals surface area contributed by atoms with Gasteiger partial charge in [0, 0.05) is 12.1 Å². The van der Waals surface area contributed by atoms with Crippen molar-refractivity contribution in [2.45, 2.75) is 38.2 Å². The molecular weight excluding hydrogens is 328 g/mol. The second-order valence-corrected chi connectivity index (χ2v) is 7.54. The summed E-state index contributed by atoms with van der Waals surface area (Å²) in [6.07, 6.45) is 0.832. The molecule has 0 radical (unpaired) electrons. The number of carbonyl (C=O) groups is 2. The van der Waals surface area contributed by atoms with E-state index in [9.17, 15) is 9.59 Å². The molecule has 0 bridgehead atoms. The van der Waals surface area contributed by atoms with E-state index in [1.807, 2.05) is 14.1 Å². The van der Waals surface area contributed by atoms with Crippen LogP contribution in [0.1, 0.15) is 37.6 Å². The Balaban J connectivity index is 2.37. The van der Waals surface area contributed by atoms with Crippen molar-refractivity contribution in [3.05, 3.63) is 23.8 Å². The zero-order valence-corrected chi connectivity index (χ0v) is 15.7. The zero-order chi connectivity index (χ0) is 18.1. The number of nitrogens with zero attached hydrogens (tertiary/aromatic N) is 2. The van der Waals surface area contributed by atoms with Crippen LogP contribution in [0, 0.1) is 0 Å². The van der Waals surface area contributed by atoms with Crippen molar-refractivity contribution >= 4 is 29.0 Å². The van der Waals surface area contributed by atoms with Gasteiger partial charge in [-0.2, -0.15) is 0 Å². The quantitative estimate of drug-likeness (QED) is 0.583. The number of halogens is 1. The molecule has 24 heavy (non-hydrogen) atoms. The Morgan fingerprint density at radius 2 is 2.04 bits per heavy atom. The molecular formula is C18H25ClN2O3. The Labute approximate surface area is 148 Å². The lowest BCUT2D eigenvalue weighted by Gasteiger charge is -2.39. The third-order valence-electron chi connectivity index (χ3n) is 4.01. The molecule has 1 amide bonds. The summed E-state index contributed by atoms with van der Waals surface area (Å²) in [5.74, 6) is 0.352. The number of ketones is 1. The maximum atomic E-state index is 12.8. The highest BCUT2D eigenvalue weighted by atomic mass is 35.5. The van der Waals surface area contributed by atoms with Crippen LogP contribution in [0.3, 0.4) is 0 Å². The highest BCUT2D eigenvalue weighted by Gasteiger charge is 2.40. The van der Waals surface area contributed by atoms with Crippen molar-refractivity contribution in [3.8, 4) is 5.75 Å². The Bertz CT molecular complexity index is 641. The van der Waals surface area contributed by atoms with Gasteiger partial charge in [0.05, 0.1) is 11.1 Å². The molecule has 1 aliphatic heterocycles. The summed E-state index contributed by atoms with van der Waals surface area (Å²) in [6.45, 7) is 6.61. The SMILES string of the molecule is CC(Cl)C(=O)c1ccc2c(c1)N(CCCN(C)C)C(=O)C(C)(C)O2. The van der Waals surface area contributed by atoms with Crippen LogP contribution in [-0.2, 0) is 4.79 Å². The summed E-state index contributed by atoms with van der Waals surface area (Å²) >= 11 is 5.91. The summed E-state index contributed by atoms with van der Waals surface area (Å²) < 4.78 is 5.84. The maximum Gasteiger partial charge on any atom is 0.270 e. The third kappa shape index (κ3) is 3.90. The van der Waals surface area contributed by atoms with Crippen LogP contribution in [-0.4, -0.2) is 54.8 Å². The van der Waals surface area contributed by atoms with Crippen LogP contribution in [0.2, 0.25) is 0 Å². The Kier molecular flexibility index (Phi) is 5.56. The van der Waals surface area contributed by atoms with Crippen LogP contribution in [0.25, 0.3) is 0 Å². The first-order valence-electron chi connectivity index (χ1n) is 8.11. The molecule has 1 aromatic rings. The van der Waals surface area contributed by atoms with Gasteiger partial charge >= 0.3 is 0 Å². The number of hydrogen-bond acceptors (Lipinski definition) is 4. The molecule has 2 rings (SSSR count). The Hall–Kier alpha value is -1.59. The van der Waals surface area contributed by atoms with Crippen molar-refractivity contribution in [2.75, 3.05) is 32.1 Å². The molecule has 6 heteroatoms. The van der Waals surface area contributed by atoms with Gasteiger partial charge in [0.25, 0.3) is 5.91 Å². The van der Waals surface area contributed by atoms with E-state index < -0.39 is 11.0 Å². The van der Waals surface area contributed by atoms with E-state index >= 15 is 0 Å². The number of hydrogen-bond donors (Lipinski definition) is 0. The van der Waals surface area contributed by atoms with Gasteiger partial charge in [-0.05, 0) is 66.0 Å². The van der Waals surface area contributed by atoms with Gasteiger partial charge in [-0.15, -0.1) is 11.6 Å². The van der Waals surface area contributed by atoms with Crippen molar-refractivity contribution in [3.63, 3.8) is 0 Å². The smallest absolute Gasteiger partial charge is 0.270 e. The average molecular weight is 353 g/mol. The molecule has 0 spiro atoms. The van der Waals surface area contributed by atoms with Crippen LogP contribution in [0.5, 0.6) is 5.75 Å². The second-order valence-electron chi connectivity index (χ2n) is 6.89. The molecule has 1 aliphatic rings. The van der Waals surface area contributed by atoms with Gasteiger partial charge in [-0.25, -0.2) is 0 Å². The van der Waals surface area contributed by atoms with E-state index in [0.29, 0.717) is 23.5 Å². The van der Waals surface area contributed by atoms with Crippen molar-refractivity contribution in [1.29, 1.82) is 0 Å². The summed E-state index contributed by atoms with van der Waals surface area (Å²) in [7, 11) is 4.00. The molecule has 0 aromatic heterocycles. The number of amides is 1. The molecule has 0 saturated heterocycles. The maximum absolute atomic E-state index is 12.8. The van der Waals surface area contributed by atoms with Gasteiger partial charge in [0.1, 0.15) is 5.75 Å². The Morgan fingerprint density at radius 3 is 2.62 bits per heavy atom. The molecule has 132 valence electrons. The monoisotopic (exact) mass is 352 g/mol. The number of Topliss-reactive ketones (excluding diaryl/α,β-unsaturated/α-hetero) is 1. The fourth-order valence-electron chi connectivity index (χ4n) is 2.72. The minimum absolute atomic E-state index is 0.0997. The first kappa shape index (κ1) is 18.7. The van der Waals surface area contributed by atoms with Gasteiger partial charge < -0.3 is 14.5 Å². The lowest BCUT2D eigenvalue weighted by Crippen LogP contribution is -2.53. The number of anilines is 1. The molecule has 0 fully saturated rings. The van der Waals surface area contributed by atoms with E-state index in [2.05, 4.69) is 4.90 Å². The highest BCUT2D eigenvalue weighted by Crippen LogP contribution is 2.38. The molecule has 1 aromatic carbocycles. The molecule has 1 heterocycles. The number of alkyl halides is 1. The van der Waals surface area contributed by atoms with Crippen molar-refractivity contribution < 1.29 is 14.3 Å². The first-order chi connectivity index (χ1) is 11.1. The molecule has 0 aliphatic carbocycles. The standard InChI is InChI=1S/C18H25ClN2O3/c1-12(19)16(22)13-7-8-15-14(11-13)21(10-6-9-20(4)5)17(23)18(2,3)24-15/h7-8,11-12H,6,9-10H2,1-5H3. The summed E-state index contributed by atoms with van der Waals surface area (Å²) in [5.41, 5.74) is 0.211. The minimum Gasteiger partial charge on any atom is -0.476 e. The fraction of sp³-hybridized carbons (Fsp3) is 0.556. The molecule has 5 nitrogen and oxygen atoms in total. The molecule has 0 saturated carbocycles. The molecule has 1 unspecified atom stereocenters. The van der Waals surface area contributed by atoms with Gasteiger partial charge in [0.15, 0.2) is 11.4 Å². The van der Waals surface area contributed by atoms with Gasteiger partial charge in [-0.1, -0.05) is 0 Å². The predicted molar refractivity (Wildman–Crippen MR) is 96.3 cm³/mol. The largest absolute Gasteiger partial charge is 0.476 e. The average Bonchev–Trinajstić information content (AvgIpc) is 2.49. The minimum atomic E-state index is -0.920. The highest BCUT2D eigenvalue weighted by molar-refractivity contribution is 6.33. The third-order valence-corrected chi connectivity index (χ3v) is 4.21. The summed E-state index contributed by atoms with van der Waals surface area (Å²) in [4.78, 5) is 28.7. The van der Waals surface area contributed by atoms with E-state index in [4.69, 9.17) is 16.3 Å². The zero-order valence-electron chi connectivity index (χ0n) is 14.9. The van der Waals surface area contributed by atoms with Crippen LogP contribution in [0.4, 0.5) is 5.69 Å². The number of carbonyl (C=O) groups excluding carboxylic acids is 2. The lowest BCUT2D eigenvalue weighted by atomic mass is 10.0. The van der Waals surface area contributed by atoms with E-state index in [1.54, 1.807) is 43.9 Å². The molecule has 0 N–H and O–H groups in total.